The summed E-state index contributed by atoms with van der Waals surface area (Å²) in [5.41, 5.74) is 6.48. The fraction of sp³-hybridized carbons (Fsp3) is 0.333. The van der Waals surface area contributed by atoms with Crippen molar-refractivity contribution in [3.63, 3.8) is 0 Å². The summed E-state index contributed by atoms with van der Waals surface area (Å²) in [7, 11) is 0. The lowest BCUT2D eigenvalue weighted by atomic mass is 10.1. The third-order valence-corrected chi connectivity index (χ3v) is 5.26. The highest BCUT2D eigenvalue weighted by atomic mass is 79.9. The highest BCUT2D eigenvalue weighted by Gasteiger charge is 2.16. The largest absolute Gasteiger partial charge is 0.327 e. The number of aryl methyl sites for hydroxylation is 4. The Kier molecular flexibility index (Phi) is 3.53. The molecule has 0 aliphatic heterocycles. The second kappa shape index (κ2) is 5.10. The predicted molar refractivity (Wildman–Crippen MR) is 91.8 cm³/mol. The number of benzene rings is 1. The van der Waals surface area contributed by atoms with Crippen LogP contribution < -0.4 is 0 Å². The Hall–Kier alpha value is -1.40. The predicted octanol–water partition coefficient (Wildman–Crippen LogP) is 4.59. The molecule has 1 aromatic carbocycles. The number of H-pyrrole nitrogens is 1. The number of nitrogens with zero attached hydrogens (tertiary/aromatic N) is 3. The Morgan fingerprint density at radius 2 is 1.86 bits per heavy atom. The highest BCUT2D eigenvalue weighted by Crippen LogP contribution is 2.27. The quantitative estimate of drug-likeness (QED) is 0.675. The van der Waals surface area contributed by atoms with Crippen LogP contribution in [0.4, 0.5) is 0 Å². The third kappa shape index (κ3) is 2.17. The van der Waals surface area contributed by atoms with Crippen LogP contribution >= 0.6 is 28.1 Å². The Labute approximate surface area is 136 Å². The maximum absolute atomic E-state index is 5.53. The topological polar surface area (TPSA) is 38.5 Å². The van der Waals surface area contributed by atoms with Crippen LogP contribution in [0, 0.1) is 25.5 Å². The summed E-state index contributed by atoms with van der Waals surface area (Å²) < 4.78 is 5.91. The summed E-state index contributed by atoms with van der Waals surface area (Å²) in [6.07, 6.45) is 0. The SMILES string of the molecule is CCn1nc(C)c2[nH]c(=S)n(-c3cc(C)c(Br)c(C)c3)c21. The lowest BCUT2D eigenvalue weighted by Crippen LogP contribution is -2.04. The summed E-state index contributed by atoms with van der Waals surface area (Å²) in [6, 6.07) is 4.28. The summed E-state index contributed by atoms with van der Waals surface area (Å²) in [6.45, 7) is 9.09. The van der Waals surface area contributed by atoms with Crippen molar-refractivity contribution in [2.24, 2.45) is 0 Å². The molecule has 0 saturated heterocycles. The van der Waals surface area contributed by atoms with Crippen LogP contribution in [0.1, 0.15) is 23.7 Å². The number of aromatic nitrogens is 4. The molecular weight excluding hydrogens is 348 g/mol. The summed E-state index contributed by atoms with van der Waals surface area (Å²) in [5.74, 6) is 0. The van der Waals surface area contributed by atoms with Crippen molar-refractivity contribution < 1.29 is 0 Å². The van der Waals surface area contributed by atoms with Crippen LogP contribution in [-0.2, 0) is 6.54 Å². The normalized spacial score (nSPS) is 11.5. The number of halogens is 1. The lowest BCUT2D eigenvalue weighted by Gasteiger charge is -2.10. The van der Waals surface area contributed by atoms with Crippen molar-refractivity contribution in [3.05, 3.63) is 38.2 Å². The molecule has 2 heterocycles. The first-order valence-corrected chi connectivity index (χ1v) is 8.09. The van der Waals surface area contributed by atoms with E-state index >= 15 is 0 Å². The van der Waals surface area contributed by atoms with Gasteiger partial charge in [0.15, 0.2) is 10.4 Å². The molecule has 3 aromatic rings. The molecule has 0 aliphatic rings. The van der Waals surface area contributed by atoms with Gasteiger partial charge in [0.2, 0.25) is 0 Å². The molecule has 0 atom stereocenters. The van der Waals surface area contributed by atoms with Gasteiger partial charge in [-0.15, -0.1) is 0 Å². The molecule has 4 nitrogen and oxygen atoms in total. The van der Waals surface area contributed by atoms with Gasteiger partial charge < -0.3 is 4.98 Å². The molecule has 0 bridgehead atoms. The minimum atomic E-state index is 0.703. The second-order valence-corrected chi connectivity index (χ2v) is 6.44. The molecule has 2 aromatic heterocycles. The first-order chi connectivity index (χ1) is 9.93. The molecule has 110 valence electrons. The number of hydrogen-bond acceptors (Lipinski definition) is 2. The van der Waals surface area contributed by atoms with E-state index in [2.05, 4.69) is 63.5 Å². The fourth-order valence-electron chi connectivity index (χ4n) is 2.71. The number of fused-ring (bicyclic) bond motifs is 1. The average Bonchev–Trinajstić information content (AvgIpc) is 2.92. The summed E-state index contributed by atoms with van der Waals surface area (Å²) >= 11 is 9.15. The average molecular weight is 365 g/mol. The van der Waals surface area contributed by atoms with E-state index in [4.69, 9.17) is 12.2 Å². The molecule has 21 heavy (non-hydrogen) atoms. The zero-order valence-corrected chi connectivity index (χ0v) is 14.9. The van der Waals surface area contributed by atoms with E-state index in [-0.39, 0.29) is 0 Å². The first kappa shape index (κ1) is 14.5. The minimum Gasteiger partial charge on any atom is -0.327 e. The number of imidazole rings is 1. The van der Waals surface area contributed by atoms with E-state index in [1.165, 1.54) is 11.1 Å². The maximum atomic E-state index is 5.53. The van der Waals surface area contributed by atoms with Gasteiger partial charge in [-0.25, -0.2) is 4.68 Å². The summed E-state index contributed by atoms with van der Waals surface area (Å²) in [4.78, 5) is 3.28. The number of aromatic amines is 1. The molecule has 0 amide bonds. The van der Waals surface area contributed by atoms with Crippen molar-refractivity contribution in [2.75, 3.05) is 0 Å². The summed E-state index contributed by atoms with van der Waals surface area (Å²) in [5, 5.41) is 4.57. The smallest absolute Gasteiger partial charge is 0.184 e. The minimum absolute atomic E-state index is 0.703. The van der Waals surface area contributed by atoms with Crippen LogP contribution in [0.25, 0.3) is 16.9 Å². The Morgan fingerprint density at radius 3 is 2.43 bits per heavy atom. The molecule has 0 spiro atoms. The van der Waals surface area contributed by atoms with Crippen molar-refractivity contribution in [2.45, 2.75) is 34.2 Å². The van der Waals surface area contributed by atoms with Crippen molar-refractivity contribution in [3.8, 4) is 5.69 Å². The van der Waals surface area contributed by atoms with E-state index in [0.29, 0.717) is 4.77 Å². The number of hydrogen-bond donors (Lipinski definition) is 1. The molecule has 1 N–H and O–H groups in total. The van der Waals surface area contributed by atoms with Crippen LogP contribution in [0.3, 0.4) is 0 Å². The Bertz CT molecular complexity index is 877. The molecule has 3 rings (SSSR count). The van der Waals surface area contributed by atoms with Gasteiger partial charge in [0.1, 0.15) is 5.52 Å². The van der Waals surface area contributed by atoms with Gasteiger partial charge in [0, 0.05) is 11.0 Å². The van der Waals surface area contributed by atoms with Gasteiger partial charge in [0.25, 0.3) is 0 Å². The molecule has 0 radical (unpaired) electrons. The van der Waals surface area contributed by atoms with Crippen LogP contribution in [0.2, 0.25) is 0 Å². The Balaban J connectivity index is 2.40. The molecule has 0 aliphatic carbocycles. The van der Waals surface area contributed by atoms with Crippen LogP contribution in [-0.4, -0.2) is 19.3 Å². The van der Waals surface area contributed by atoms with Gasteiger partial charge in [0.05, 0.1) is 11.4 Å². The van der Waals surface area contributed by atoms with Crippen LogP contribution in [0.5, 0.6) is 0 Å². The monoisotopic (exact) mass is 364 g/mol. The van der Waals surface area contributed by atoms with E-state index < -0.39 is 0 Å². The van der Waals surface area contributed by atoms with Gasteiger partial charge in [-0.2, -0.15) is 5.10 Å². The highest BCUT2D eigenvalue weighted by molar-refractivity contribution is 9.10. The number of nitrogens with one attached hydrogen (secondary N) is 1. The number of rotatable bonds is 2. The Morgan fingerprint density at radius 1 is 1.24 bits per heavy atom. The lowest BCUT2D eigenvalue weighted by molar-refractivity contribution is 0.661. The van der Waals surface area contributed by atoms with E-state index in [1.54, 1.807) is 0 Å². The van der Waals surface area contributed by atoms with Gasteiger partial charge >= 0.3 is 0 Å². The first-order valence-electron chi connectivity index (χ1n) is 6.89. The van der Waals surface area contributed by atoms with Crippen molar-refractivity contribution >= 4 is 39.3 Å². The molecule has 0 unspecified atom stereocenters. The van der Waals surface area contributed by atoms with E-state index in [1.807, 2.05) is 11.6 Å². The van der Waals surface area contributed by atoms with E-state index in [9.17, 15) is 0 Å². The molecular formula is C15H17BrN4S. The molecule has 6 heteroatoms. The van der Waals surface area contributed by atoms with E-state index in [0.717, 1.165) is 33.6 Å². The van der Waals surface area contributed by atoms with Crippen LogP contribution in [0.15, 0.2) is 16.6 Å². The van der Waals surface area contributed by atoms with Gasteiger partial charge in [-0.3, -0.25) is 4.57 Å². The van der Waals surface area contributed by atoms with Crippen molar-refractivity contribution in [1.82, 2.24) is 19.3 Å². The zero-order valence-electron chi connectivity index (χ0n) is 12.5. The zero-order chi connectivity index (χ0) is 15.3. The van der Waals surface area contributed by atoms with Gasteiger partial charge in [-0.1, -0.05) is 15.9 Å². The van der Waals surface area contributed by atoms with Gasteiger partial charge in [-0.05, 0) is 63.2 Å². The standard InChI is InChI=1S/C15H17BrN4S/c1-5-19-14-13(10(4)18-19)17-15(21)20(14)11-6-8(2)12(16)9(3)7-11/h6-7H,5H2,1-4H3,(H,17,21). The second-order valence-electron chi connectivity index (χ2n) is 5.26. The third-order valence-electron chi connectivity index (χ3n) is 3.73. The molecule has 0 saturated carbocycles. The van der Waals surface area contributed by atoms with Crippen molar-refractivity contribution in [1.29, 1.82) is 0 Å². The molecule has 0 fully saturated rings. The fourth-order valence-corrected chi connectivity index (χ4v) is 3.24. The maximum Gasteiger partial charge on any atom is 0.184 e.